The summed E-state index contributed by atoms with van der Waals surface area (Å²) in [6.07, 6.45) is 0. The van der Waals surface area contributed by atoms with Crippen LogP contribution in [-0.2, 0) is 13.6 Å². The van der Waals surface area contributed by atoms with Gasteiger partial charge in [-0.25, -0.2) is 0 Å². The molecule has 0 amide bonds. The molecule has 0 bridgehead atoms. The third-order valence-electron chi connectivity index (χ3n) is 4.25. The second-order valence-electron chi connectivity index (χ2n) is 5.46. The molecule has 0 fully saturated rings. The molecule has 0 unspecified atom stereocenters. The Balaban J connectivity index is 2.15. The number of hydrogen-bond acceptors (Lipinski definition) is 2. The molecule has 3 aromatic rings. The third-order valence-corrected chi connectivity index (χ3v) is 4.25. The van der Waals surface area contributed by atoms with Gasteiger partial charge in [0.2, 0.25) is 0 Å². The van der Waals surface area contributed by atoms with Crippen molar-refractivity contribution in [2.75, 3.05) is 11.9 Å². The smallest absolute Gasteiger partial charge is 0.116 e. The van der Waals surface area contributed by atoms with Gasteiger partial charge in [-0.1, -0.05) is 18.2 Å². The van der Waals surface area contributed by atoms with E-state index in [0.29, 0.717) is 5.75 Å². The average Bonchev–Trinajstić information content (AvgIpc) is 2.72. The van der Waals surface area contributed by atoms with Gasteiger partial charge < -0.3 is 14.6 Å². The van der Waals surface area contributed by atoms with Crippen LogP contribution in [0.1, 0.15) is 5.56 Å². The number of phenolic OH excluding ortho intramolecular Hbond substituents is 1. The predicted octanol–water partition coefficient (Wildman–Crippen LogP) is 3.50. The summed E-state index contributed by atoms with van der Waals surface area (Å²) in [5, 5.41) is 10.9. The van der Waals surface area contributed by atoms with Crippen LogP contribution >= 0.6 is 0 Å². The number of para-hydroxylation sites is 1. The second kappa shape index (κ2) is 3.79. The minimum atomic E-state index is 0.326. The third kappa shape index (κ3) is 1.35. The molecule has 0 saturated carbocycles. The molecule has 20 heavy (non-hydrogen) atoms. The van der Waals surface area contributed by atoms with Crippen LogP contribution in [0.4, 0.5) is 5.69 Å². The molecule has 1 aliphatic rings. The van der Waals surface area contributed by atoms with E-state index in [1.165, 1.54) is 22.5 Å². The SMILES string of the molecule is CN1Cc2c(n(C)c3ccc(O)cc23)-c2ccccc21. The van der Waals surface area contributed by atoms with Crippen molar-refractivity contribution in [2.45, 2.75) is 6.54 Å². The number of aryl methyl sites for hydroxylation is 1. The van der Waals surface area contributed by atoms with Crippen LogP contribution < -0.4 is 4.90 Å². The Labute approximate surface area is 117 Å². The van der Waals surface area contributed by atoms with Crippen molar-refractivity contribution in [3.63, 3.8) is 0 Å². The van der Waals surface area contributed by atoms with E-state index in [1.807, 2.05) is 12.1 Å². The predicted molar refractivity (Wildman–Crippen MR) is 82.1 cm³/mol. The van der Waals surface area contributed by atoms with E-state index in [2.05, 4.69) is 47.8 Å². The summed E-state index contributed by atoms with van der Waals surface area (Å²) in [7, 11) is 4.21. The first-order valence-electron chi connectivity index (χ1n) is 6.77. The fourth-order valence-corrected chi connectivity index (χ4v) is 3.34. The van der Waals surface area contributed by atoms with Gasteiger partial charge in [-0.15, -0.1) is 0 Å². The number of aromatic nitrogens is 1. The van der Waals surface area contributed by atoms with Crippen molar-refractivity contribution >= 4 is 16.6 Å². The molecule has 0 spiro atoms. The fourth-order valence-electron chi connectivity index (χ4n) is 3.34. The first-order chi connectivity index (χ1) is 9.66. The van der Waals surface area contributed by atoms with E-state index < -0.39 is 0 Å². The zero-order valence-electron chi connectivity index (χ0n) is 11.6. The van der Waals surface area contributed by atoms with E-state index >= 15 is 0 Å². The first-order valence-corrected chi connectivity index (χ1v) is 6.77. The van der Waals surface area contributed by atoms with Gasteiger partial charge in [0, 0.05) is 48.4 Å². The fraction of sp³-hybridized carbons (Fsp3) is 0.176. The summed E-state index contributed by atoms with van der Waals surface area (Å²) in [4.78, 5) is 2.27. The summed E-state index contributed by atoms with van der Waals surface area (Å²) in [5.41, 5.74) is 6.24. The maximum Gasteiger partial charge on any atom is 0.116 e. The van der Waals surface area contributed by atoms with E-state index in [-0.39, 0.29) is 0 Å². The minimum absolute atomic E-state index is 0.326. The van der Waals surface area contributed by atoms with Crippen LogP contribution in [-0.4, -0.2) is 16.7 Å². The Morgan fingerprint density at radius 3 is 2.70 bits per heavy atom. The molecule has 0 saturated heterocycles. The Morgan fingerprint density at radius 1 is 1.05 bits per heavy atom. The lowest BCUT2D eigenvalue weighted by Crippen LogP contribution is -2.21. The van der Waals surface area contributed by atoms with Crippen molar-refractivity contribution < 1.29 is 5.11 Å². The summed E-state index contributed by atoms with van der Waals surface area (Å²) in [6, 6.07) is 14.1. The monoisotopic (exact) mass is 264 g/mol. The molecule has 0 radical (unpaired) electrons. The highest BCUT2D eigenvalue weighted by Gasteiger charge is 2.25. The Kier molecular flexibility index (Phi) is 2.16. The van der Waals surface area contributed by atoms with Crippen molar-refractivity contribution in [3.05, 3.63) is 48.0 Å². The number of phenols is 1. The Hall–Kier alpha value is -2.42. The molecule has 3 nitrogen and oxygen atoms in total. The number of rotatable bonds is 0. The second-order valence-corrected chi connectivity index (χ2v) is 5.46. The van der Waals surface area contributed by atoms with Gasteiger partial charge in [0.15, 0.2) is 0 Å². The summed E-state index contributed by atoms with van der Waals surface area (Å²) >= 11 is 0. The van der Waals surface area contributed by atoms with Crippen LogP contribution in [0.3, 0.4) is 0 Å². The topological polar surface area (TPSA) is 28.4 Å². The number of fused-ring (bicyclic) bond motifs is 5. The number of benzene rings is 2. The summed E-state index contributed by atoms with van der Waals surface area (Å²) < 4.78 is 2.23. The summed E-state index contributed by atoms with van der Waals surface area (Å²) in [5.74, 6) is 0.326. The van der Waals surface area contributed by atoms with Gasteiger partial charge >= 0.3 is 0 Å². The van der Waals surface area contributed by atoms with Gasteiger partial charge in [-0.2, -0.15) is 0 Å². The molecule has 0 atom stereocenters. The Morgan fingerprint density at radius 2 is 1.85 bits per heavy atom. The number of hydrogen-bond donors (Lipinski definition) is 1. The van der Waals surface area contributed by atoms with Crippen LogP contribution in [0.15, 0.2) is 42.5 Å². The van der Waals surface area contributed by atoms with Crippen molar-refractivity contribution in [3.8, 4) is 17.0 Å². The van der Waals surface area contributed by atoms with E-state index in [9.17, 15) is 5.11 Å². The lowest BCUT2D eigenvalue weighted by Gasteiger charge is -2.28. The largest absolute Gasteiger partial charge is 0.508 e. The van der Waals surface area contributed by atoms with Crippen LogP contribution in [0.5, 0.6) is 5.75 Å². The quantitative estimate of drug-likeness (QED) is 0.673. The molecule has 2 aromatic carbocycles. The maximum absolute atomic E-state index is 9.78. The highest BCUT2D eigenvalue weighted by Crippen LogP contribution is 2.43. The molecule has 1 N–H and O–H groups in total. The highest BCUT2D eigenvalue weighted by atomic mass is 16.3. The zero-order valence-corrected chi connectivity index (χ0v) is 11.6. The number of aromatic hydroxyl groups is 1. The van der Waals surface area contributed by atoms with Gasteiger partial charge in [-0.05, 0) is 24.3 Å². The minimum Gasteiger partial charge on any atom is -0.508 e. The van der Waals surface area contributed by atoms with E-state index in [4.69, 9.17) is 0 Å². The average molecular weight is 264 g/mol. The molecule has 4 rings (SSSR count). The van der Waals surface area contributed by atoms with Crippen molar-refractivity contribution in [2.24, 2.45) is 7.05 Å². The Bertz CT molecular complexity index is 832. The van der Waals surface area contributed by atoms with Crippen LogP contribution in [0.25, 0.3) is 22.2 Å². The number of nitrogens with zero attached hydrogens (tertiary/aromatic N) is 2. The molecular weight excluding hydrogens is 248 g/mol. The molecule has 2 heterocycles. The van der Waals surface area contributed by atoms with Gasteiger partial charge in [0.25, 0.3) is 0 Å². The molecule has 3 heteroatoms. The van der Waals surface area contributed by atoms with E-state index in [0.717, 1.165) is 17.4 Å². The molecular formula is C17H16N2O. The van der Waals surface area contributed by atoms with Crippen LogP contribution in [0, 0.1) is 0 Å². The first kappa shape index (κ1) is 11.4. The summed E-state index contributed by atoms with van der Waals surface area (Å²) in [6.45, 7) is 0.868. The van der Waals surface area contributed by atoms with E-state index in [1.54, 1.807) is 6.07 Å². The highest BCUT2D eigenvalue weighted by molar-refractivity contribution is 5.97. The van der Waals surface area contributed by atoms with Crippen molar-refractivity contribution in [1.29, 1.82) is 0 Å². The van der Waals surface area contributed by atoms with Crippen LogP contribution in [0.2, 0.25) is 0 Å². The van der Waals surface area contributed by atoms with Gasteiger partial charge in [-0.3, -0.25) is 0 Å². The number of anilines is 1. The molecule has 100 valence electrons. The lowest BCUT2D eigenvalue weighted by atomic mass is 9.98. The standard InChI is InChI=1S/C17H16N2O/c1-18-10-14-13-9-11(20)7-8-16(13)19(2)17(14)12-5-3-4-6-15(12)18/h3-9,20H,10H2,1-2H3. The van der Waals surface area contributed by atoms with Gasteiger partial charge in [0.05, 0.1) is 5.69 Å². The maximum atomic E-state index is 9.78. The normalized spacial score (nSPS) is 13.4. The lowest BCUT2D eigenvalue weighted by molar-refractivity contribution is 0.476. The molecule has 1 aliphatic heterocycles. The van der Waals surface area contributed by atoms with Gasteiger partial charge in [0.1, 0.15) is 5.75 Å². The van der Waals surface area contributed by atoms with Crippen molar-refractivity contribution in [1.82, 2.24) is 4.57 Å². The molecule has 1 aromatic heterocycles. The zero-order chi connectivity index (χ0) is 13.9. The molecule has 0 aliphatic carbocycles.